The first-order chi connectivity index (χ1) is 28.7. The highest BCUT2D eigenvalue weighted by molar-refractivity contribution is 7.85. The van der Waals surface area contributed by atoms with Crippen LogP contribution >= 0.6 is 0 Å². The van der Waals surface area contributed by atoms with Crippen LogP contribution in [0.15, 0.2) is 24.3 Å². The van der Waals surface area contributed by atoms with E-state index in [1.54, 1.807) is 0 Å². The van der Waals surface area contributed by atoms with Crippen molar-refractivity contribution in [2.45, 2.75) is 289 Å². The Morgan fingerprint density at radius 2 is 0.746 bits per heavy atom. The zero-order chi connectivity index (χ0) is 43.3. The highest BCUT2D eigenvalue weighted by atomic mass is 32.2. The molecule has 0 bridgehead atoms. The van der Waals surface area contributed by atoms with Crippen molar-refractivity contribution in [2.75, 3.05) is 5.75 Å². The quantitative estimate of drug-likeness (QED) is 0.0275. The highest BCUT2D eigenvalue weighted by Gasteiger charge is 2.27. The third-order valence-electron chi connectivity index (χ3n) is 12.0. The summed E-state index contributed by atoms with van der Waals surface area (Å²) in [4.78, 5) is 12.7. The maximum absolute atomic E-state index is 12.7. The molecule has 3 atom stereocenters. The Kier molecular flexibility index (Phi) is 43.9. The molecule has 0 aliphatic rings. The van der Waals surface area contributed by atoms with Crippen molar-refractivity contribution in [3.05, 3.63) is 24.3 Å². The fourth-order valence-electron chi connectivity index (χ4n) is 8.04. The molecule has 3 unspecified atom stereocenters. The minimum atomic E-state index is -4.45. The van der Waals surface area contributed by atoms with E-state index in [4.69, 9.17) is 0 Å². The van der Waals surface area contributed by atoms with Crippen LogP contribution in [0.3, 0.4) is 0 Å². The Morgan fingerprint density at radius 3 is 1.07 bits per heavy atom. The molecule has 7 nitrogen and oxygen atoms in total. The molecule has 0 aromatic carbocycles. The van der Waals surface area contributed by atoms with Crippen LogP contribution in [0.1, 0.15) is 271 Å². The van der Waals surface area contributed by atoms with Crippen molar-refractivity contribution in [3.63, 3.8) is 0 Å². The van der Waals surface area contributed by atoms with E-state index in [2.05, 4.69) is 31.3 Å². The standard InChI is InChI=1S/C51H99NO6S/c1-3-5-7-9-11-13-15-17-19-21-23-25-26-28-30-32-34-36-38-40-42-44-46-50(54)51(55)52-48(47-59(56,57)58)49(53)45-43-41-39-37-35-33-31-29-27-24-22-20-18-16-14-12-10-8-6-4-2/h28,30,43,45,48-50,53-54H,3-27,29,31-42,44,46-47H2,1-2H3,(H,52,55)(H,56,57,58)/b30-28-,45-43+. The number of carbonyl (C=O) groups excluding carboxylic acids is 1. The van der Waals surface area contributed by atoms with Gasteiger partial charge in [-0.25, -0.2) is 0 Å². The molecule has 0 aliphatic carbocycles. The monoisotopic (exact) mass is 854 g/mol. The molecule has 0 aliphatic heterocycles. The molecule has 8 heteroatoms. The van der Waals surface area contributed by atoms with Crippen molar-refractivity contribution >= 4 is 16.0 Å². The second kappa shape index (κ2) is 44.8. The number of nitrogens with one attached hydrogen (secondary N) is 1. The summed E-state index contributed by atoms with van der Waals surface area (Å²) in [6.45, 7) is 4.55. The first-order valence-electron chi connectivity index (χ1n) is 25.6. The predicted octanol–water partition coefficient (Wildman–Crippen LogP) is 14.8. The summed E-state index contributed by atoms with van der Waals surface area (Å²) < 4.78 is 32.7. The molecule has 0 saturated heterocycles. The summed E-state index contributed by atoms with van der Waals surface area (Å²) >= 11 is 0. The molecular weight excluding hydrogens is 755 g/mol. The minimum absolute atomic E-state index is 0.275. The second-order valence-corrected chi connectivity index (χ2v) is 19.4. The lowest BCUT2D eigenvalue weighted by Gasteiger charge is -2.22. The van der Waals surface area contributed by atoms with E-state index in [9.17, 15) is 28.0 Å². The van der Waals surface area contributed by atoms with Gasteiger partial charge in [-0.1, -0.05) is 250 Å². The maximum atomic E-state index is 12.7. The number of hydrogen-bond acceptors (Lipinski definition) is 5. The lowest BCUT2D eigenvalue weighted by molar-refractivity contribution is -0.130. The van der Waals surface area contributed by atoms with Gasteiger partial charge in [0.05, 0.1) is 17.9 Å². The molecule has 1 amide bonds. The molecule has 0 aromatic rings. The van der Waals surface area contributed by atoms with Gasteiger partial charge in [-0.15, -0.1) is 0 Å². The van der Waals surface area contributed by atoms with Gasteiger partial charge in [0, 0.05) is 0 Å². The molecule has 0 fully saturated rings. The second-order valence-electron chi connectivity index (χ2n) is 17.9. The summed E-state index contributed by atoms with van der Waals surface area (Å²) in [5.41, 5.74) is 0. The Morgan fingerprint density at radius 1 is 0.458 bits per heavy atom. The molecule has 4 N–H and O–H groups in total. The van der Waals surface area contributed by atoms with E-state index in [0.29, 0.717) is 6.42 Å². The van der Waals surface area contributed by atoms with Crippen molar-refractivity contribution in [3.8, 4) is 0 Å². The third-order valence-corrected chi connectivity index (χ3v) is 12.8. The molecule has 0 heterocycles. The summed E-state index contributed by atoms with van der Waals surface area (Å²) in [7, 11) is -4.45. The van der Waals surface area contributed by atoms with Crippen LogP contribution in [-0.4, -0.2) is 53.1 Å². The van der Waals surface area contributed by atoms with Crippen LogP contribution in [-0.2, 0) is 14.9 Å². The Hall–Kier alpha value is -1.22. The number of carbonyl (C=O) groups is 1. The summed E-state index contributed by atoms with van der Waals surface area (Å²) in [6.07, 6.45) is 55.3. The van der Waals surface area contributed by atoms with Crippen LogP contribution in [0, 0.1) is 0 Å². The topological polar surface area (TPSA) is 124 Å². The first-order valence-corrected chi connectivity index (χ1v) is 27.3. The summed E-state index contributed by atoms with van der Waals surface area (Å²) in [5.74, 6) is -1.53. The summed E-state index contributed by atoms with van der Waals surface area (Å²) in [5, 5.41) is 23.5. The van der Waals surface area contributed by atoms with E-state index in [0.717, 1.165) is 44.9 Å². The minimum Gasteiger partial charge on any atom is -0.387 e. The largest absolute Gasteiger partial charge is 0.387 e. The van der Waals surface area contributed by atoms with E-state index in [1.165, 1.54) is 205 Å². The average molecular weight is 854 g/mol. The van der Waals surface area contributed by atoms with Gasteiger partial charge in [-0.05, 0) is 44.9 Å². The van der Waals surface area contributed by atoms with Gasteiger partial charge < -0.3 is 15.5 Å². The Balaban J connectivity index is 3.89. The number of aliphatic hydroxyl groups is 2. The van der Waals surface area contributed by atoms with Crippen LogP contribution < -0.4 is 5.32 Å². The average Bonchev–Trinajstić information content (AvgIpc) is 3.21. The zero-order valence-electron chi connectivity index (χ0n) is 39.0. The van der Waals surface area contributed by atoms with Crippen LogP contribution in [0.25, 0.3) is 0 Å². The number of rotatable bonds is 47. The maximum Gasteiger partial charge on any atom is 0.267 e. The van der Waals surface area contributed by atoms with Crippen LogP contribution in [0.5, 0.6) is 0 Å². The number of hydrogen-bond donors (Lipinski definition) is 4. The van der Waals surface area contributed by atoms with Gasteiger partial charge in [-0.3, -0.25) is 9.35 Å². The number of amides is 1. The molecule has 0 radical (unpaired) electrons. The van der Waals surface area contributed by atoms with E-state index < -0.39 is 40.0 Å². The fraction of sp³-hybridized carbons (Fsp3) is 0.902. The summed E-state index contributed by atoms with van der Waals surface area (Å²) in [6, 6.07) is -1.23. The normalized spacial score (nSPS) is 13.8. The smallest absolute Gasteiger partial charge is 0.267 e. The van der Waals surface area contributed by atoms with Gasteiger partial charge in [-0.2, -0.15) is 8.42 Å². The van der Waals surface area contributed by atoms with Gasteiger partial charge in [0.25, 0.3) is 10.1 Å². The molecular formula is C51H99NO6S. The van der Waals surface area contributed by atoms with Gasteiger partial charge in [0.1, 0.15) is 6.10 Å². The molecule has 0 saturated carbocycles. The zero-order valence-corrected chi connectivity index (χ0v) is 39.8. The highest BCUT2D eigenvalue weighted by Crippen LogP contribution is 2.17. The SMILES string of the molecule is CCCCCCCCCCCCCC/C=C\CCCCCCCCC(O)C(=O)NC(CS(=O)(=O)O)C(O)/C=C/CCCCCCCCCCCCCCCCCCCC. The lowest BCUT2D eigenvalue weighted by Crippen LogP contribution is -2.50. The van der Waals surface area contributed by atoms with Gasteiger partial charge in [0.2, 0.25) is 5.91 Å². The number of unbranched alkanes of at least 4 members (excludes halogenated alkanes) is 36. The first kappa shape index (κ1) is 57.8. The number of aliphatic hydroxyl groups excluding tert-OH is 2. The van der Waals surface area contributed by atoms with E-state index in [-0.39, 0.29) is 6.42 Å². The lowest BCUT2D eigenvalue weighted by atomic mass is 10.0. The van der Waals surface area contributed by atoms with Crippen LogP contribution in [0.4, 0.5) is 0 Å². The van der Waals surface area contributed by atoms with Crippen molar-refractivity contribution in [1.82, 2.24) is 5.32 Å². The van der Waals surface area contributed by atoms with Crippen LogP contribution in [0.2, 0.25) is 0 Å². The Bertz CT molecular complexity index is 1050. The number of allylic oxidation sites excluding steroid dienone is 3. The molecule has 350 valence electrons. The fourth-order valence-corrected chi connectivity index (χ4v) is 8.78. The molecule has 0 aromatic heterocycles. The van der Waals surface area contributed by atoms with Crippen molar-refractivity contribution in [2.24, 2.45) is 0 Å². The molecule has 59 heavy (non-hydrogen) atoms. The third kappa shape index (κ3) is 44.6. The Labute approximate surface area is 367 Å². The van der Waals surface area contributed by atoms with Crippen molar-refractivity contribution in [1.29, 1.82) is 0 Å². The molecule has 0 rings (SSSR count). The predicted molar refractivity (Wildman–Crippen MR) is 255 cm³/mol. The molecule has 0 spiro atoms. The van der Waals surface area contributed by atoms with Gasteiger partial charge in [0.15, 0.2) is 0 Å². The van der Waals surface area contributed by atoms with Gasteiger partial charge >= 0.3 is 0 Å². The van der Waals surface area contributed by atoms with Crippen molar-refractivity contribution < 1.29 is 28.0 Å². The van der Waals surface area contributed by atoms with E-state index in [1.807, 2.05) is 6.08 Å². The van der Waals surface area contributed by atoms with E-state index >= 15 is 0 Å².